The quantitative estimate of drug-likeness (QED) is 0.600. The van der Waals surface area contributed by atoms with Gasteiger partial charge in [-0.2, -0.15) is 0 Å². The van der Waals surface area contributed by atoms with E-state index >= 15 is 0 Å². The molecule has 0 radical (unpaired) electrons. The second kappa shape index (κ2) is 11.4. The highest BCUT2D eigenvalue weighted by molar-refractivity contribution is 5.88. The Bertz CT molecular complexity index is 799. The number of amides is 2. The third kappa shape index (κ3) is 6.74. The van der Waals surface area contributed by atoms with Gasteiger partial charge in [-0.3, -0.25) is 9.59 Å². The first-order valence-corrected chi connectivity index (χ1v) is 10.6. The molecule has 2 amide bonds. The predicted octanol–water partition coefficient (Wildman–Crippen LogP) is 4.57. The molecule has 0 aliphatic rings. The van der Waals surface area contributed by atoms with Gasteiger partial charge in [0.15, 0.2) is 0 Å². The van der Waals surface area contributed by atoms with Crippen molar-refractivity contribution >= 4 is 11.8 Å². The summed E-state index contributed by atoms with van der Waals surface area (Å²) in [7, 11) is 0. The Hall–Kier alpha value is -2.62. The van der Waals surface area contributed by atoms with Gasteiger partial charge in [-0.15, -0.1) is 0 Å². The van der Waals surface area contributed by atoms with Crippen LogP contribution in [0.5, 0.6) is 0 Å². The van der Waals surface area contributed by atoms with E-state index in [0.717, 1.165) is 29.5 Å². The van der Waals surface area contributed by atoms with Crippen molar-refractivity contribution in [2.45, 2.75) is 66.0 Å². The topological polar surface area (TPSA) is 49.4 Å². The molecule has 0 aromatic heterocycles. The van der Waals surface area contributed by atoms with Gasteiger partial charge in [0.25, 0.3) is 0 Å². The molecule has 2 rings (SSSR count). The van der Waals surface area contributed by atoms with Gasteiger partial charge in [-0.1, -0.05) is 74.4 Å². The molecule has 156 valence electrons. The number of carbonyl (C=O) groups excluding carboxylic acids is 2. The first-order valence-electron chi connectivity index (χ1n) is 10.6. The number of carbonyl (C=O) groups is 2. The van der Waals surface area contributed by atoms with Crippen molar-refractivity contribution in [3.8, 4) is 0 Å². The molecule has 0 saturated heterocycles. The number of hydrogen-bond acceptors (Lipinski definition) is 2. The van der Waals surface area contributed by atoms with E-state index < -0.39 is 6.04 Å². The number of nitrogens with zero attached hydrogens (tertiary/aromatic N) is 1. The fraction of sp³-hybridized carbons (Fsp3) is 0.440. The Labute approximate surface area is 175 Å². The van der Waals surface area contributed by atoms with Crippen LogP contribution in [0.4, 0.5) is 0 Å². The molecule has 4 heteroatoms. The zero-order chi connectivity index (χ0) is 21.2. The SMILES string of the molecule is CCCCNC(=O)[C@H](CC)N(Cc1ccc(C)cc1)C(=O)Cc1ccccc1C. The van der Waals surface area contributed by atoms with Gasteiger partial charge in [0.2, 0.25) is 11.8 Å². The lowest BCUT2D eigenvalue weighted by Gasteiger charge is -2.31. The minimum Gasteiger partial charge on any atom is -0.354 e. The van der Waals surface area contributed by atoms with Crippen LogP contribution in [0.2, 0.25) is 0 Å². The van der Waals surface area contributed by atoms with Gasteiger partial charge in [-0.25, -0.2) is 0 Å². The minimum absolute atomic E-state index is 0.0163. The zero-order valence-electron chi connectivity index (χ0n) is 18.2. The van der Waals surface area contributed by atoms with Crippen LogP contribution in [0, 0.1) is 13.8 Å². The summed E-state index contributed by atoms with van der Waals surface area (Å²) in [5.41, 5.74) is 4.31. The number of unbranched alkanes of at least 4 members (excludes halogenated alkanes) is 1. The van der Waals surface area contributed by atoms with Crippen molar-refractivity contribution in [1.82, 2.24) is 10.2 Å². The predicted molar refractivity (Wildman–Crippen MR) is 119 cm³/mol. The normalized spacial score (nSPS) is 11.7. The van der Waals surface area contributed by atoms with Crippen molar-refractivity contribution in [3.05, 3.63) is 70.8 Å². The molecule has 0 unspecified atom stereocenters. The summed E-state index contributed by atoms with van der Waals surface area (Å²) in [6.07, 6.45) is 2.86. The van der Waals surface area contributed by atoms with Crippen molar-refractivity contribution in [2.24, 2.45) is 0 Å². The maximum absolute atomic E-state index is 13.3. The number of aryl methyl sites for hydroxylation is 2. The Morgan fingerprint density at radius 3 is 2.31 bits per heavy atom. The van der Waals surface area contributed by atoms with Gasteiger partial charge in [-0.05, 0) is 43.4 Å². The summed E-state index contributed by atoms with van der Waals surface area (Å²) in [5.74, 6) is -0.0800. The highest BCUT2D eigenvalue weighted by Gasteiger charge is 2.28. The number of hydrogen-bond donors (Lipinski definition) is 1. The first-order chi connectivity index (χ1) is 14.0. The highest BCUT2D eigenvalue weighted by atomic mass is 16.2. The molecule has 0 fully saturated rings. The molecule has 1 atom stereocenters. The lowest BCUT2D eigenvalue weighted by molar-refractivity contribution is -0.140. The molecule has 0 spiro atoms. The van der Waals surface area contributed by atoms with Crippen molar-refractivity contribution < 1.29 is 9.59 Å². The maximum Gasteiger partial charge on any atom is 0.242 e. The summed E-state index contributed by atoms with van der Waals surface area (Å²) in [6.45, 7) is 9.20. The summed E-state index contributed by atoms with van der Waals surface area (Å²) < 4.78 is 0. The number of benzene rings is 2. The van der Waals surface area contributed by atoms with Crippen molar-refractivity contribution in [1.29, 1.82) is 0 Å². The first kappa shape index (κ1) is 22.7. The van der Waals surface area contributed by atoms with Crippen LogP contribution in [0.15, 0.2) is 48.5 Å². The standard InChI is InChI=1S/C25H34N2O2/c1-5-7-16-26-25(29)23(6-2)27(18-21-14-12-19(3)13-15-21)24(28)17-22-11-9-8-10-20(22)4/h8-15,23H,5-7,16-18H2,1-4H3,(H,26,29)/t23-/m0/s1. The Balaban J connectivity index is 2.25. The highest BCUT2D eigenvalue weighted by Crippen LogP contribution is 2.16. The summed E-state index contributed by atoms with van der Waals surface area (Å²) in [6, 6.07) is 15.6. The lowest BCUT2D eigenvalue weighted by atomic mass is 10.0. The average Bonchev–Trinajstić information content (AvgIpc) is 2.71. The largest absolute Gasteiger partial charge is 0.354 e. The van der Waals surface area contributed by atoms with Gasteiger partial charge < -0.3 is 10.2 Å². The molecule has 0 aliphatic carbocycles. The average molecular weight is 395 g/mol. The van der Waals surface area contributed by atoms with Gasteiger partial charge in [0.05, 0.1) is 6.42 Å². The van der Waals surface area contributed by atoms with E-state index in [0.29, 0.717) is 25.9 Å². The van der Waals surface area contributed by atoms with Gasteiger partial charge in [0.1, 0.15) is 6.04 Å². The third-order valence-corrected chi connectivity index (χ3v) is 5.29. The molecule has 0 bridgehead atoms. The Morgan fingerprint density at radius 1 is 1.00 bits per heavy atom. The van der Waals surface area contributed by atoms with Crippen molar-refractivity contribution in [2.75, 3.05) is 6.54 Å². The van der Waals surface area contributed by atoms with E-state index in [1.54, 1.807) is 4.90 Å². The van der Waals surface area contributed by atoms with Crippen LogP contribution in [-0.4, -0.2) is 29.3 Å². The molecule has 2 aromatic carbocycles. The second-order valence-electron chi connectivity index (χ2n) is 7.68. The number of nitrogens with one attached hydrogen (secondary N) is 1. The second-order valence-corrected chi connectivity index (χ2v) is 7.68. The van der Waals surface area contributed by atoms with Crippen LogP contribution in [0.1, 0.15) is 55.4 Å². The van der Waals surface area contributed by atoms with Crippen LogP contribution in [0.3, 0.4) is 0 Å². The van der Waals surface area contributed by atoms with E-state index in [2.05, 4.69) is 12.2 Å². The summed E-state index contributed by atoms with van der Waals surface area (Å²) in [4.78, 5) is 27.9. The molecule has 0 saturated carbocycles. The van der Waals surface area contributed by atoms with E-state index in [1.165, 1.54) is 5.56 Å². The molecule has 1 N–H and O–H groups in total. The maximum atomic E-state index is 13.3. The summed E-state index contributed by atoms with van der Waals surface area (Å²) >= 11 is 0. The molecule has 4 nitrogen and oxygen atoms in total. The fourth-order valence-electron chi connectivity index (χ4n) is 3.39. The number of rotatable bonds is 10. The van der Waals surface area contributed by atoms with Crippen LogP contribution in [0.25, 0.3) is 0 Å². The molecule has 0 aliphatic heterocycles. The van der Waals surface area contributed by atoms with Gasteiger partial charge in [0, 0.05) is 13.1 Å². The molecule has 0 heterocycles. The molecular formula is C25H34N2O2. The van der Waals surface area contributed by atoms with E-state index in [9.17, 15) is 9.59 Å². The smallest absolute Gasteiger partial charge is 0.242 e. The molecule has 2 aromatic rings. The van der Waals surface area contributed by atoms with Crippen LogP contribution in [-0.2, 0) is 22.6 Å². The van der Waals surface area contributed by atoms with E-state index in [-0.39, 0.29) is 11.8 Å². The van der Waals surface area contributed by atoms with Crippen LogP contribution >= 0.6 is 0 Å². The monoisotopic (exact) mass is 394 g/mol. The van der Waals surface area contributed by atoms with E-state index in [1.807, 2.05) is 69.3 Å². The minimum atomic E-state index is -0.468. The lowest BCUT2D eigenvalue weighted by Crippen LogP contribution is -2.49. The van der Waals surface area contributed by atoms with Gasteiger partial charge >= 0.3 is 0 Å². The van der Waals surface area contributed by atoms with Crippen molar-refractivity contribution in [3.63, 3.8) is 0 Å². The Kier molecular flexibility index (Phi) is 8.91. The molecule has 29 heavy (non-hydrogen) atoms. The van der Waals surface area contributed by atoms with E-state index in [4.69, 9.17) is 0 Å². The Morgan fingerprint density at radius 2 is 1.69 bits per heavy atom. The zero-order valence-corrected chi connectivity index (χ0v) is 18.2. The summed E-state index contributed by atoms with van der Waals surface area (Å²) in [5, 5.41) is 3.01. The fourth-order valence-corrected chi connectivity index (χ4v) is 3.39. The molecular weight excluding hydrogens is 360 g/mol. The van der Waals surface area contributed by atoms with Crippen LogP contribution < -0.4 is 5.32 Å². The third-order valence-electron chi connectivity index (χ3n) is 5.29.